The molecule has 172 valence electrons. The van der Waals surface area contributed by atoms with E-state index in [0.29, 0.717) is 0 Å². The van der Waals surface area contributed by atoms with Gasteiger partial charge in [0.25, 0.3) is 0 Å². The van der Waals surface area contributed by atoms with Crippen molar-refractivity contribution in [1.82, 2.24) is 0 Å². The minimum absolute atomic E-state index is 0.0858. The third kappa shape index (κ3) is 3.68. The summed E-state index contributed by atoms with van der Waals surface area (Å²) in [6, 6.07) is 12.5. The monoisotopic (exact) mass is 441 g/mol. The van der Waals surface area contributed by atoms with E-state index in [2.05, 4.69) is 106 Å². The Kier molecular flexibility index (Phi) is 5.73. The number of benzene rings is 2. The van der Waals surface area contributed by atoms with Gasteiger partial charge in [0.2, 0.25) is 5.69 Å². The van der Waals surface area contributed by atoms with Gasteiger partial charge in [-0.1, -0.05) is 32.1 Å². The van der Waals surface area contributed by atoms with Gasteiger partial charge in [-0.25, -0.2) is 0 Å². The maximum absolute atomic E-state index is 6.09. The van der Waals surface area contributed by atoms with Crippen molar-refractivity contribution in [3.8, 4) is 0 Å². The lowest BCUT2D eigenvalue weighted by Crippen LogP contribution is -2.27. The molecule has 33 heavy (non-hydrogen) atoms. The van der Waals surface area contributed by atoms with Gasteiger partial charge in [0, 0.05) is 52.4 Å². The second kappa shape index (κ2) is 8.26. The normalized spacial score (nSPS) is 19.8. The first-order valence-corrected chi connectivity index (χ1v) is 11.9. The summed E-state index contributed by atoms with van der Waals surface area (Å²) in [5.41, 5.74) is 21.3. The Labute approximate surface area is 198 Å². The van der Waals surface area contributed by atoms with Crippen molar-refractivity contribution in [1.29, 1.82) is 0 Å². The average Bonchev–Trinajstić information content (AvgIpc) is 3.11. The van der Waals surface area contributed by atoms with E-state index in [4.69, 9.17) is 11.5 Å². The first-order chi connectivity index (χ1) is 15.6. The predicted molar refractivity (Wildman–Crippen MR) is 143 cm³/mol. The molecule has 4 nitrogen and oxygen atoms in total. The number of hydrogen-bond donors (Lipinski definition) is 2. The van der Waals surface area contributed by atoms with E-state index in [0.717, 1.165) is 24.5 Å². The highest BCUT2D eigenvalue weighted by molar-refractivity contribution is 6.03. The molecule has 0 unspecified atom stereocenters. The van der Waals surface area contributed by atoms with Crippen molar-refractivity contribution in [2.24, 2.45) is 0 Å². The number of nitrogens with zero attached hydrogens (tertiary/aromatic N) is 2. The van der Waals surface area contributed by atoms with Gasteiger partial charge in [0.15, 0.2) is 5.71 Å². The molecule has 4 heteroatoms. The van der Waals surface area contributed by atoms with Crippen LogP contribution >= 0.6 is 0 Å². The second-order valence-electron chi connectivity index (χ2n) is 9.97. The molecule has 0 aliphatic carbocycles. The van der Waals surface area contributed by atoms with Crippen molar-refractivity contribution in [2.75, 3.05) is 29.5 Å². The number of likely N-dealkylation sites (N-methyl/N-ethyl adjacent to an activating group) is 1. The second-order valence-corrected chi connectivity index (χ2v) is 9.97. The fourth-order valence-corrected chi connectivity index (χ4v) is 5.43. The minimum atomic E-state index is -0.0858. The standard InChI is InChI=1S/C29H37N4/c1-7-32-24-16-14-20(30)18-22(24)28(3,4)26(32)12-10-9-11-13-27-29(5,6)23-19-21(31)15-17-25(23)33(27)8-2/h9-19H,7-8,30-31H2,1-6H3/q+1. The molecule has 2 aliphatic heterocycles. The summed E-state index contributed by atoms with van der Waals surface area (Å²) in [5.74, 6) is 0. The molecule has 0 atom stereocenters. The predicted octanol–water partition coefficient (Wildman–Crippen LogP) is 6.06. The van der Waals surface area contributed by atoms with E-state index in [-0.39, 0.29) is 10.8 Å². The molecule has 4 N–H and O–H groups in total. The van der Waals surface area contributed by atoms with Crippen LogP contribution in [0.15, 0.2) is 72.5 Å². The molecular weight excluding hydrogens is 404 g/mol. The van der Waals surface area contributed by atoms with Gasteiger partial charge in [-0.2, -0.15) is 4.58 Å². The summed E-state index contributed by atoms with van der Waals surface area (Å²) in [4.78, 5) is 2.39. The Morgan fingerprint density at radius 1 is 0.848 bits per heavy atom. The highest BCUT2D eigenvalue weighted by atomic mass is 15.2. The van der Waals surface area contributed by atoms with Gasteiger partial charge in [-0.3, -0.25) is 0 Å². The Bertz CT molecular complexity index is 1210. The smallest absolute Gasteiger partial charge is 0.209 e. The summed E-state index contributed by atoms with van der Waals surface area (Å²) in [5, 5.41) is 0. The van der Waals surface area contributed by atoms with E-state index in [1.165, 1.54) is 33.9 Å². The zero-order chi connectivity index (χ0) is 24.0. The molecular formula is C29H37N4+. The Hall–Kier alpha value is -3.27. The average molecular weight is 442 g/mol. The third-order valence-electron chi connectivity index (χ3n) is 7.19. The highest BCUT2D eigenvalue weighted by Crippen LogP contribution is 2.48. The van der Waals surface area contributed by atoms with Crippen LogP contribution in [0, 0.1) is 0 Å². The lowest BCUT2D eigenvalue weighted by atomic mass is 9.81. The van der Waals surface area contributed by atoms with E-state index in [9.17, 15) is 0 Å². The maximum atomic E-state index is 6.09. The van der Waals surface area contributed by atoms with Crippen molar-refractivity contribution >= 4 is 28.5 Å². The zero-order valence-electron chi connectivity index (χ0n) is 20.8. The minimum Gasteiger partial charge on any atom is -0.399 e. The molecule has 0 aromatic heterocycles. The topological polar surface area (TPSA) is 58.3 Å². The molecule has 2 heterocycles. The van der Waals surface area contributed by atoms with Gasteiger partial charge >= 0.3 is 0 Å². The molecule has 2 aliphatic rings. The summed E-state index contributed by atoms with van der Waals surface area (Å²) in [7, 11) is 0. The molecule has 0 spiro atoms. The van der Waals surface area contributed by atoms with Crippen LogP contribution in [-0.4, -0.2) is 23.4 Å². The quantitative estimate of drug-likeness (QED) is 0.337. The van der Waals surface area contributed by atoms with Gasteiger partial charge in [-0.15, -0.1) is 0 Å². The SMILES string of the molecule is CCN1\C(=C/C=C/C=C/C2=[N+](CC)c3ccc(N)cc3C2(C)C)C(C)(C)c2cc(N)ccc21. The summed E-state index contributed by atoms with van der Waals surface area (Å²) >= 11 is 0. The first kappa shape index (κ1) is 22.9. The van der Waals surface area contributed by atoms with E-state index >= 15 is 0 Å². The first-order valence-electron chi connectivity index (χ1n) is 11.9. The fraction of sp³-hybridized carbons (Fsp3) is 0.345. The molecule has 0 saturated heterocycles. The molecule has 0 saturated carbocycles. The molecule has 4 rings (SSSR count). The van der Waals surface area contributed by atoms with Crippen LogP contribution in [0.25, 0.3) is 0 Å². The zero-order valence-corrected chi connectivity index (χ0v) is 20.8. The van der Waals surface area contributed by atoms with E-state index < -0.39 is 0 Å². The Morgan fingerprint density at radius 3 is 2.18 bits per heavy atom. The van der Waals surface area contributed by atoms with Crippen LogP contribution in [-0.2, 0) is 10.8 Å². The van der Waals surface area contributed by atoms with Crippen LogP contribution in [0.1, 0.15) is 52.7 Å². The lowest BCUT2D eigenvalue weighted by Gasteiger charge is -2.25. The summed E-state index contributed by atoms with van der Waals surface area (Å²) in [6.07, 6.45) is 10.9. The fourth-order valence-electron chi connectivity index (χ4n) is 5.43. The Morgan fingerprint density at radius 2 is 1.52 bits per heavy atom. The number of nitrogens with two attached hydrogens (primary N) is 2. The van der Waals surface area contributed by atoms with E-state index in [1.54, 1.807) is 0 Å². The Balaban J connectivity index is 1.62. The van der Waals surface area contributed by atoms with Gasteiger partial charge in [0.05, 0.1) is 5.41 Å². The molecule has 2 aromatic rings. The largest absolute Gasteiger partial charge is 0.399 e. The van der Waals surface area contributed by atoms with Crippen molar-refractivity contribution < 1.29 is 4.58 Å². The maximum Gasteiger partial charge on any atom is 0.209 e. The lowest BCUT2D eigenvalue weighted by molar-refractivity contribution is -0.433. The van der Waals surface area contributed by atoms with Gasteiger partial charge < -0.3 is 16.4 Å². The van der Waals surface area contributed by atoms with Gasteiger partial charge in [-0.05, 0) is 69.7 Å². The molecule has 2 aromatic carbocycles. The molecule has 0 radical (unpaired) electrons. The number of allylic oxidation sites excluding steroid dienone is 6. The van der Waals surface area contributed by atoms with Gasteiger partial charge in [0.1, 0.15) is 6.54 Å². The number of anilines is 3. The van der Waals surface area contributed by atoms with Crippen molar-refractivity contribution in [2.45, 2.75) is 52.4 Å². The highest BCUT2D eigenvalue weighted by Gasteiger charge is 2.43. The number of rotatable bonds is 5. The van der Waals surface area contributed by atoms with Crippen LogP contribution in [0.2, 0.25) is 0 Å². The molecule has 0 amide bonds. The van der Waals surface area contributed by atoms with Crippen LogP contribution in [0.3, 0.4) is 0 Å². The van der Waals surface area contributed by atoms with E-state index in [1.807, 2.05) is 12.1 Å². The number of fused-ring (bicyclic) bond motifs is 2. The summed E-state index contributed by atoms with van der Waals surface area (Å²) < 4.78 is 2.39. The van der Waals surface area contributed by atoms with Crippen molar-refractivity contribution in [3.63, 3.8) is 0 Å². The summed E-state index contributed by atoms with van der Waals surface area (Å²) in [6.45, 7) is 15.3. The molecule has 0 bridgehead atoms. The van der Waals surface area contributed by atoms with Crippen LogP contribution < -0.4 is 16.4 Å². The van der Waals surface area contributed by atoms with Crippen LogP contribution in [0.4, 0.5) is 22.7 Å². The third-order valence-corrected chi connectivity index (χ3v) is 7.19. The number of nitrogen functional groups attached to an aromatic ring is 2. The van der Waals surface area contributed by atoms with Crippen LogP contribution in [0.5, 0.6) is 0 Å². The molecule has 0 fully saturated rings. The number of hydrogen-bond acceptors (Lipinski definition) is 3. The van der Waals surface area contributed by atoms with Crippen molar-refractivity contribution in [3.05, 3.63) is 83.6 Å².